The number of rotatable bonds is 5. The normalized spacial score (nSPS) is 11.1. The Hall–Kier alpha value is -2.83. The van der Waals surface area contributed by atoms with Gasteiger partial charge in [-0.15, -0.1) is 0 Å². The summed E-state index contributed by atoms with van der Waals surface area (Å²) < 4.78 is 43.6. The van der Waals surface area contributed by atoms with Gasteiger partial charge >= 0.3 is 18.1 Å². The molecule has 0 amide bonds. The first kappa shape index (κ1) is 17.5. The van der Waals surface area contributed by atoms with Crippen molar-refractivity contribution in [1.82, 2.24) is 0 Å². The summed E-state index contributed by atoms with van der Waals surface area (Å²) in [6.07, 6.45) is -5.30. The van der Waals surface area contributed by atoms with Crippen LogP contribution < -0.4 is 0 Å². The van der Waals surface area contributed by atoms with Crippen LogP contribution in [0.5, 0.6) is 0 Å². The van der Waals surface area contributed by atoms with E-state index in [9.17, 15) is 22.8 Å². The minimum Gasteiger partial charge on any atom is -0.481 e. The van der Waals surface area contributed by atoms with Crippen molar-refractivity contribution in [2.45, 2.75) is 19.2 Å². The fourth-order valence-electron chi connectivity index (χ4n) is 2.10. The maximum absolute atomic E-state index is 12.9. The van der Waals surface area contributed by atoms with Crippen molar-refractivity contribution in [1.29, 1.82) is 0 Å². The Labute approximate surface area is 135 Å². The van der Waals surface area contributed by atoms with Gasteiger partial charge < -0.3 is 9.84 Å². The monoisotopic (exact) mass is 338 g/mol. The zero-order valence-electron chi connectivity index (χ0n) is 12.3. The van der Waals surface area contributed by atoms with Gasteiger partial charge in [0, 0.05) is 0 Å². The van der Waals surface area contributed by atoms with E-state index in [0.717, 1.165) is 12.1 Å². The molecule has 2 rings (SSSR count). The van der Waals surface area contributed by atoms with Crippen molar-refractivity contribution in [2.75, 3.05) is 0 Å². The van der Waals surface area contributed by atoms with E-state index in [1.807, 2.05) is 0 Å². The molecule has 24 heavy (non-hydrogen) atoms. The van der Waals surface area contributed by atoms with Crippen LogP contribution in [0.4, 0.5) is 13.2 Å². The van der Waals surface area contributed by atoms with Crippen molar-refractivity contribution >= 4 is 11.9 Å². The number of alkyl halides is 3. The minimum atomic E-state index is -4.50. The maximum Gasteiger partial charge on any atom is 0.416 e. The molecular formula is C17H13F3O4. The first-order valence-corrected chi connectivity index (χ1v) is 6.90. The van der Waals surface area contributed by atoms with Gasteiger partial charge in [0.25, 0.3) is 0 Å². The lowest BCUT2D eigenvalue weighted by Crippen LogP contribution is -2.11. The topological polar surface area (TPSA) is 63.6 Å². The molecule has 0 aliphatic heterocycles. The largest absolute Gasteiger partial charge is 0.481 e. The highest BCUT2D eigenvalue weighted by molar-refractivity contribution is 5.90. The Morgan fingerprint density at radius 1 is 1.04 bits per heavy atom. The second kappa shape index (κ2) is 7.16. The number of esters is 1. The van der Waals surface area contributed by atoms with Crippen LogP contribution in [0.1, 0.15) is 17.5 Å². The summed E-state index contributed by atoms with van der Waals surface area (Å²) in [7, 11) is 0. The SMILES string of the molecule is O=C(O)CC(=O)OCc1ccc(C(F)(F)F)cc1-c1ccccc1. The van der Waals surface area contributed by atoms with Gasteiger partial charge in [0.1, 0.15) is 13.0 Å². The predicted molar refractivity (Wildman–Crippen MR) is 78.9 cm³/mol. The Kier molecular flexibility index (Phi) is 5.23. The maximum atomic E-state index is 12.9. The molecule has 2 aromatic carbocycles. The van der Waals surface area contributed by atoms with Crippen LogP contribution >= 0.6 is 0 Å². The standard InChI is InChI=1S/C17H13F3O4/c18-17(19,20)13-7-6-12(10-24-16(23)9-15(21)22)14(8-13)11-4-2-1-3-5-11/h1-8H,9-10H2,(H,21,22). The first-order chi connectivity index (χ1) is 11.3. The fourth-order valence-corrected chi connectivity index (χ4v) is 2.10. The zero-order valence-corrected chi connectivity index (χ0v) is 12.3. The van der Waals surface area contributed by atoms with Crippen molar-refractivity contribution in [2.24, 2.45) is 0 Å². The molecule has 1 N–H and O–H groups in total. The molecule has 0 radical (unpaired) electrons. The van der Waals surface area contributed by atoms with E-state index in [0.29, 0.717) is 11.1 Å². The Balaban J connectivity index is 2.33. The average Bonchev–Trinajstić information content (AvgIpc) is 2.52. The Morgan fingerprint density at radius 3 is 2.29 bits per heavy atom. The van der Waals surface area contributed by atoms with Crippen LogP contribution in [-0.2, 0) is 27.1 Å². The van der Waals surface area contributed by atoms with Crippen LogP contribution in [0.15, 0.2) is 48.5 Å². The second-order valence-corrected chi connectivity index (χ2v) is 4.97. The van der Waals surface area contributed by atoms with Gasteiger partial charge in [-0.1, -0.05) is 36.4 Å². The highest BCUT2D eigenvalue weighted by atomic mass is 19.4. The average molecular weight is 338 g/mol. The van der Waals surface area contributed by atoms with Gasteiger partial charge in [0.2, 0.25) is 0 Å². The molecule has 0 spiro atoms. The lowest BCUT2D eigenvalue weighted by atomic mass is 9.97. The predicted octanol–water partition coefficient (Wildman–Crippen LogP) is 3.89. The molecule has 4 nitrogen and oxygen atoms in total. The van der Waals surface area contributed by atoms with E-state index in [1.54, 1.807) is 30.3 Å². The molecule has 7 heteroatoms. The van der Waals surface area contributed by atoms with Gasteiger partial charge in [-0.3, -0.25) is 9.59 Å². The number of halogens is 3. The molecule has 0 fully saturated rings. The number of carboxylic acid groups (broad SMARTS) is 1. The number of aliphatic carboxylic acids is 1. The quantitative estimate of drug-likeness (QED) is 0.664. The number of carbonyl (C=O) groups excluding carboxylic acids is 1. The summed E-state index contributed by atoms with van der Waals surface area (Å²) in [5.41, 5.74) is 0.344. The minimum absolute atomic E-state index is 0.272. The van der Waals surface area contributed by atoms with Gasteiger partial charge in [0.15, 0.2) is 0 Å². The van der Waals surface area contributed by atoms with Crippen LogP contribution in [-0.4, -0.2) is 17.0 Å². The van der Waals surface area contributed by atoms with E-state index in [-0.39, 0.29) is 12.2 Å². The third-order valence-electron chi connectivity index (χ3n) is 3.21. The first-order valence-electron chi connectivity index (χ1n) is 6.90. The number of hydrogen-bond donors (Lipinski definition) is 1. The number of benzene rings is 2. The highest BCUT2D eigenvalue weighted by Crippen LogP contribution is 2.34. The van der Waals surface area contributed by atoms with Crippen molar-refractivity contribution < 1.29 is 32.6 Å². The summed E-state index contributed by atoms with van der Waals surface area (Å²) in [5.74, 6) is -2.29. The van der Waals surface area contributed by atoms with Gasteiger partial charge in [0.05, 0.1) is 5.56 Å². The lowest BCUT2D eigenvalue weighted by molar-refractivity contribution is -0.152. The molecule has 0 aliphatic carbocycles. The van der Waals surface area contributed by atoms with Crippen LogP contribution in [0.3, 0.4) is 0 Å². The van der Waals surface area contributed by atoms with Crippen LogP contribution in [0.25, 0.3) is 11.1 Å². The summed E-state index contributed by atoms with van der Waals surface area (Å²) in [5, 5.41) is 8.51. The molecular weight excluding hydrogens is 325 g/mol. The van der Waals surface area contributed by atoms with Crippen molar-refractivity contribution in [3.05, 3.63) is 59.7 Å². The van der Waals surface area contributed by atoms with Crippen molar-refractivity contribution in [3.63, 3.8) is 0 Å². The van der Waals surface area contributed by atoms with E-state index in [1.165, 1.54) is 6.07 Å². The molecule has 0 bridgehead atoms. The van der Waals surface area contributed by atoms with Crippen LogP contribution in [0, 0.1) is 0 Å². The molecule has 2 aromatic rings. The molecule has 0 heterocycles. The Morgan fingerprint density at radius 2 is 1.71 bits per heavy atom. The molecule has 0 saturated heterocycles. The smallest absolute Gasteiger partial charge is 0.416 e. The summed E-state index contributed by atoms with van der Waals surface area (Å²) >= 11 is 0. The summed E-state index contributed by atoms with van der Waals surface area (Å²) in [6, 6.07) is 11.5. The third kappa shape index (κ3) is 4.58. The number of carbonyl (C=O) groups is 2. The fraction of sp³-hybridized carbons (Fsp3) is 0.176. The van der Waals surface area contributed by atoms with E-state index >= 15 is 0 Å². The van der Waals surface area contributed by atoms with Crippen LogP contribution in [0.2, 0.25) is 0 Å². The third-order valence-corrected chi connectivity index (χ3v) is 3.21. The van der Waals surface area contributed by atoms with Gasteiger partial charge in [-0.2, -0.15) is 13.2 Å². The van der Waals surface area contributed by atoms with Crippen molar-refractivity contribution in [3.8, 4) is 11.1 Å². The zero-order chi connectivity index (χ0) is 17.7. The molecule has 0 unspecified atom stereocenters. The second-order valence-electron chi connectivity index (χ2n) is 4.97. The molecule has 0 saturated carbocycles. The Bertz CT molecular complexity index is 739. The van der Waals surface area contributed by atoms with Gasteiger partial charge in [-0.05, 0) is 28.8 Å². The highest BCUT2D eigenvalue weighted by Gasteiger charge is 2.31. The summed E-state index contributed by atoms with van der Waals surface area (Å²) in [4.78, 5) is 21.8. The number of hydrogen-bond acceptors (Lipinski definition) is 3. The van der Waals surface area contributed by atoms with Gasteiger partial charge in [-0.25, -0.2) is 0 Å². The molecule has 0 aliphatic rings. The van der Waals surface area contributed by atoms with E-state index in [4.69, 9.17) is 9.84 Å². The molecule has 126 valence electrons. The molecule has 0 aromatic heterocycles. The van der Waals surface area contributed by atoms with E-state index < -0.39 is 30.1 Å². The molecule has 0 atom stereocenters. The van der Waals surface area contributed by atoms with E-state index in [2.05, 4.69) is 0 Å². The summed E-state index contributed by atoms with van der Waals surface area (Å²) in [6.45, 7) is -0.311. The number of carboxylic acids is 1. The number of ether oxygens (including phenoxy) is 1. The lowest BCUT2D eigenvalue weighted by Gasteiger charge is -2.14.